The highest BCUT2D eigenvalue weighted by Crippen LogP contribution is 2.57. The van der Waals surface area contributed by atoms with Gasteiger partial charge in [0.25, 0.3) is 0 Å². The first-order chi connectivity index (χ1) is 14.9. The van der Waals surface area contributed by atoms with Crippen molar-refractivity contribution in [2.24, 2.45) is 11.1 Å². The number of rotatable bonds is 8. The van der Waals surface area contributed by atoms with Gasteiger partial charge in [0.2, 0.25) is 11.8 Å². The molecule has 2 aliphatic rings. The minimum absolute atomic E-state index is 0.0111. The molecule has 1 saturated carbocycles. The molecular weight excluding hydrogens is 440 g/mol. The molecule has 0 radical (unpaired) electrons. The SMILES string of the molecule is N[C@@H](CC(=O)N1CCCC1CCNC(=O)C1(C(F)(F)F)CC1)Cc1cc(F)c(F)cc1F. The molecule has 2 amide bonds. The van der Waals surface area contributed by atoms with Gasteiger partial charge in [0.05, 0.1) is 0 Å². The van der Waals surface area contributed by atoms with Crippen LogP contribution in [0.15, 0.2) is 12.1 Å². The van der Waals surface area contributed by atoms with Crippen LogP contribution in [0.3, 0.4) is 0 Å². The number of hydrogen-bond acceptors (Lipinski definition) is 3. The second-order valence-corrected chi connectivity index (χ2v) is 8.53. The lowest BCUT2D eigenvalue weighted by Crippen LogP contribution is -2.44. The number of alkyl halides is 3. The number of halogens is 6. The lowest BCUT2D eigenvalue weighted by Gasteiger charge is -2.27. The lowest BCUT2D eigenvalue weighted by atomic mass is 10.0. The van der Waals surface area contributed by atoms with Crippen molar-refractivity contribution in [2.45, 2.75) is 63.2 Å². The van der Waals surface area contributed by atoms with Gasteiger partial charge in [0, 0.05) is 37.7 Å². The Morgan fingerprint density at radius 1 is 1.16 bits per heavy atom. The van der Waals surface area contributed by atoms with Crippen LogP contribution in [0.2, 0.25) is 0 Å². The predicted molar refractivity (Wildman–Crippen MR) is 103 cm³/mol. The first-order valence-corrected chi connectivity index (χ1v) is 10.5. The van der Waals surface area contributed by atoms with Gasteiger partial charge in [-0.3, -0.25) is 9.59 Å². The van der Waals surface area contributed by atoms with Crippen LogP contribution in [0.25, 0.3) is 0 Å². The lowest BCUT2D eigenvalue weighted by molar-refractivity contribution is -0.192. The summed E-state index contributed by atoms with van der Waals surface area (Å²) >= 11 is 0. The third kappa shape index (κ3) is 5.19. The Balaban J connectivity index is 1.49. The van der Waals surface area contributed by atoms with Crippen molar-refractivity contribution in [2.75, 3.05) is 13.1 Å². The number of nitrogens with two attached hydrogens (primary N) is 1. The molecule has 0 bridgehead atoms. The van der Waals surface area contributed by atoms with E-state index in [4.69, 9.17) is 5.73 Å². The second-order valence-electron chi connectivity index (χ2n) is 8.53. The minimum atomic E-state index is -4.57. The van der Waals surface area contributed by atoms with Crippen LogP contribution in [0.4, 0.5) is 26.3 Å². The highest BCUT2D eigenvalue weighted by molar-refractivity contribution is 5.86. The molecule has 1 heterocycles. The van der Waals surface area contributed by atoms with E-state index in [1.807, 2.05) is 0 Å². The summed E-state index contributed by atoms with van der Waals surface area (Å²) in [5.41, 5.74) is 3.50. The fraction of sp³-hybridized carbons (Fsp3) is 0.619. The van der Waals surface area contributed by atoms with E-state index in [1.165, 1.54) is 0 Å². The highest BCUT2D eigenvalue weighted by atomic mass is 19.4. The van der Waals surface area contributed by atoms with E-state index in [2.05, 4.69) is 5.32 Å². The largest absolute Gasteiger partial charge is 0.403 e. The maximum absolute atomic E-state index is 13.8. The monoisotopic (exact) mass is 465 g/mol. The third-order valence-electron chi connectivity index (χ3n) is 6.20. The molecule has 2 atom stereocenters. The van der Waals surface area contributed by atoms with Gasteiger partial charge < -0.3 is 16.0 Å². The van der Waals surface area contributed by atoms with Crippen LogP contribution in [0.1, 0.15) is 44.1 Å². The maximum Gasteiger partial charge on any atom is 0.403 e. The molecule has 5 nitrogen and oxygen atoms in total. The van der Waals surface area contributed by atoms with Crippen molar-refractivity contribution >= 4 is 11.8 Å². The smallest absolute Gasteiger partial charge is 0.355 e. The number of benzene rings is 1. The summed E-state index contributed by atoms with van der Waals surface area (Å²) in [6, 6.07) is 0.0544. The quantitative estimate of drug-likeness (QED) is 0.458. The van der Waals surface area contributed by atoms with Gasteiger partial charge in [-0.1, -0.05) is 0 Å². The van der Waals surface area contributed by atoms with Crippen LogP contribution >= 0.6 is 0 Å². The zero-order valence-corrected chi connectivity index (χ0v) is 17.3. The van der Waals surface area contributed by atoms with Crippen molar-refractivity contribution in [1.29, 1.82) is 0 Å². The predicted octanol–water partition coefficient (Wildman–Crippen LogP) is 3.20. The van der Waals surface area contributed by atoms with E-state index >= 15 is 0 Å². The summed E-state index contributed by atoms with van der Waals surface area (Å²) in [6.45, 7) is 0.452. The van der Waals surface area contributed by atoms with Crippen LogP contribution < -0.4 is 11.1 Å². The molecule has 1 saturated heterocycles. The van der Waals surface area contributed by atoms with E-state index < -0.39 is 41.0 Å². The van der Waals surface area contributed by atoms with Gasteiger partial charge >= 0.3 is 6.18 Å². The molecule has 2 fully saturated rings. The van der Waals surface area contributed by atoms with Crippen LogP contribution in [-0.4, -0.2) is 48.1 Å². The fourth-order valence-electron chi connectivity index (χ4n) is 4.17. The Labute approximate surface area is 181 Å². The summed E-state index contributed by atoms with van der Waals surface area (Å²) in [7, 11) is 0. The normalized spacial score (nSPS) is 20.8. The summed E-state index contributed by atoms with van der Waals surface area (Å²) in [5, 5.41) is 2.34. The fourth-order valence-corrected chi connectivity index (χ4v) is 4.17. The molecule has 0 spiro atoms. The molecule has 11 heteroatoms. The van der Waals surface area contributed by atoms with Crippen molar-refractivity contribution in [1.82, 2.24) is 10.2 Å². The van der Waals surface area contributed by atoms with Gasteiger partial charge in [0.15, 0.2) is 11.6 Å². The van der Waals surface area contributed by atoms with Crippen LogP contribution in [0, 0.1) is 22.9 Å². The van der Waals surface area contributed by atoms with Crippen molar-refractivity contribution < 1.29 is 35.9 Å². The molecule has 3 rings (SSSR count). The zero-order valence-electron chi connectivity index (χ0n) is 17.3. The second kappa shape index (κ2) is 9.29. The summed E-state index contributed by atoms with van der Waals surface area (Å²) < 4.78 is 79.2. The van der Waals surface area contributed by atoms with Gasteiger partial charge in [-0.25, -0.2) is 13.2 Å². The van der Waals surface area contributed by atoms with Crippen molar-refractivity contribution in [3.05, 3.63) is 35.1 Å². The van der Waals surface area contributed by atoms with E-state index in [0.29, 0.717) is 37.9 Å². The number of hydrogen-bond donors (Lipinski definition) is 2. The summed E-state index contributed by atoms with van der Waals surface area (Å²) in [4.78, 5) is 26.1. The maximum atomic E-state index is 13.8. The molecule has 3 N–H and O–H groups in total. The Morgan fingerprint density at radius 2 is 1.81 bits per heavy atom. The van der Waals surface area contributed by atoms with Gasteiger partial charge in [0.1, 0.15) is 11.2 Å². The Hall–Kier alpha value is -2.30. The zero-order chi connectivity index (χ0) is 23.7. The topological polar surface area (TPSA) is 75.4 Å². The Bertz CT molecular complexity index is 872. The van der Waals surface area contributed by atoms with Crippen LogP contribution in [-0.2, 0) is 16.0 Å². The Kier molecular flexibility index (Phi) is 7.06. The molecule has 1 aliphatic carbocycles. The number of nitrogens with zero attached hydrogens (tertiary/aromatic N) is 1. The van der Waals surface area contributed by atoms with E-state index in [0.717, 1.165) is 0 Å². The molecule has 1 aliphatic heterocycles. The average Bonchev–Trinajstić information content (AvgIpc) is 3.39. The molecule has 32 heavy (non-hydrogen) atoms. The number of carbonyl (C=O) groups is 2. The molecule has 178 valence electrons. The summed E-state index contributed by atoms with van der Waals surface area (Å²) in [6.07, 6.45) is -3.68. The number of likely N-dealkylation sites (tertiary alicyclic amines) is 1. The average molecular weight is 465 g/mol. The minimum Gasteiger partial charge on any atom is -0.355 e. The number of carbonyl (C=O) groups excluding carboxylic acids is 2. The number of amides is 2. The molecule has 1 aromatic carbocycles. The molecular formula is C21H25F6N3O2. The molecule has 1 unspecified atom stereocenters. The summed E-state index contributed by atoms with van der Waals surface area (Å²) in [5.74, 6) is -4.82. The van der Waals surface area contributed by atoms with Gasteiger partial charge in [-0.05, 0) is 50.2 Å². The van der Waals surface area contributed by atoms with Crippen molar-refractivity contribution in [3.63, 3.8) is 0 Å². The van der Waals surface area contributed by atoms with Gasteiger partial charge in [-0.15, -0.1) is 0 Å². The Morgan fingerprint density at radius 3 is 2.44 bits per heavy atom. The van der Waals surface area contributed by atoms with Crippen molar-refractivity contribution in [3.8, 4) is 0 Å². The highest BCUT2D eigenvalue weighted by Gasteiger charge is 2.68. The van der Waals surface area contributed by atoms with E-state index in [1.54, 1.807) is 4.90 Å². The third-order valence-corrected chi connectivity index (χ3v) is 6.20. The van der Waals surface area contributed by atoms with Crippen LogP contribution in [0.5, 0.6) is 0 Å². The van der Waals surface area contributed by atoms with E-state index in [9.17, 15) is 35.9 Å². The first kappa shape index (κ1) is 24.3. The standard InChI is InChI=1S/C21H25F6N3O2/c22-15-11-17(24)16(23)9-12(15)8-13(28)10-18(31)30-7-1-2-14(30)3-6-29-19(32)20(4-5-20)21(25,26)27/h9,11,13-14H,1-8,10,28H2,(H,29,32)/t13-,14?/m1/s1. The van der Waals surface area contributed by atoms with E-state index in [-0.39, 0.29) is 49.7 Å². The molecule has 0 aromatic heterocycles. The number of nitrogens with one attached hydrogen (secondary N) is 1. The van der Waals surface area contributed by atoms with Gasteiger partial charge in [-0.2, -0.15) is 13.2 Å². The molecule has 1 aromatic rings. The first-order valence-electron chi connectivity index (χ1n) is 10.5.